The van der Waals surface area contributed by atoms with Crippen LogP contribution in [0.1, 0.15) is 5.56 Å². The van der Waals surface area contributed by atoms with Crippen LogP contribution in [0, 0.1) is 11.6 Å². The minimum atomic E-state index is -3.70. The molecule has 9 heteroatoms. The summed E-state index contributed by atoms with van der Waals surface area (Å²) in [7, 11) is -2.21. The number of nitrogens with one attached hydrogen (secondary N) is 1. The summed E-state index contributed by atoms with van der Waals surface area (Å²) in [5.74, 6) is -2.39. The van der Waals surface area contributed by atoms with Gasteiger partial charge in [-0.15, -0.1) is 0 Å². The summed E-state index contributed by atoms with van der Waals surface area (Å²) in [6.07, 6.45) is 0. The maximum Gasteiger partial charge on any atom is 0.262 e. The van der Waals surface area contributed by atoms with E-state index in [9.17, 15) is 22.0 Å². The summed E-state index contributed by atoms with van der Waals surface area (Å²) in [5.41, 5.74) is 0.955. The van der Waals surface area contributed by atoms with Gasteiger partial charge in [0.05, 0.1) is 4.90 Å². The highest BCUT2D eigenvalue weighted by Crippen LogP contribution is 2.20. The molecule has 0 aromatic heterocycles. The van der Waals surface area contributed by atoms with Crippen LogP contribution in [0.5, 0.6) is 5.75 Å². The van der Waals surface area contributed by atoms with E-state index < -0.39 is 27.6 Å². The lowest BCUT2D eigenvalue weighted by molar-refractivity contribution is -0.118. The molecule has 0 bridgehead atoms. The third kappa shape index (κ3) is 5.87. The third-order valence-corrected chi connectivity index (χ3v) is 6.17. The van der Waals surface area contributed by atoms with Gasteiger partial charge in [-0.2, -0.15) is 4.31 Å². The number of carbonyl (C=O) groups excluding carboxylic acids is 1. The molecule has 0 atom stereocenters. The third-order valence-electron chi connectivity index (χ3n) is 4.35. The minimum Gasteiger partial charge on any atom is -0.484 e. The van der Waals surface area contributed by atoms with Gasteiger partial charge in [-0.3, -0.25) is 4.79 Å². The average Bonchev–Trinajstić information content (AvgIpc) is 2.76. The second kappa shape index (κ2) is 9.67. The van der Waals surface area contributed by atoms with Crippen molar-refractivity contribution in [2.75, 3.05) is 19.0 Å². The van der Waals surface area contributed by atoms with Crippen LogP contribution < -0.4 is 10.1 Å². The minimum absolute atomic E-state index is 0.0875. The van der Waals surface area contributed by atoms with Gasteiger partial charge in [0, 0.05) is 25.3 Å². The van der Waals surface area contributed by atoms with Gasteiger partial charge in [-0.1, -0.05) is 30.3 Å². The molecule has 0 fully saturated rings. The number of amides is 1. The fourth-order valence-electron chi connectivity index (χ4n) is 2.73. The normalized spacial score (nSPS) is 11.4. The number of nitrogens with zero attached hydrogens (tertiary/aromatic N) is 1. The maximum absolute atomic E-state index is 13.2. The number of benzene rings is 3. The van der Waals surface area contributed by atoms with Crippen molar-refractivity contribution in [2.45, 2.75) is 11.4 Å². The summed E-state index contributed by atoms with van der Waals surface area (Å²) in [5, 5.41) is 2.38. The molecule has 0 heterocycles. The first-order valence-electron chi connectivity index (χ1n) is 9.24. The fraction of sp³-hybridized carbons (Fsp3) is 0.136. The van der Waals surface area contributed by atoms with Gasteiger partial charge < -0.3 is 10.1 Å². The molecule has 0 radical (unpaired) electrons. The highest BCUT2D eigenvalue weighted by Gasteiger charge is 2.21. The molecule has 0 saturated carbocycles. The van der Waals surface area contributed by atoms with Crippen LogP contribution in [-0.4, -0.2) is 32.3 Å². The molecule has 0 unspecified atom stereocenters. The molecular formula is C22H20F2N2O4S. The van der Waals surface area contributed by atoms with Gasteiger partial charge in [0.15, 0.2) is 18.2 Å². The first-order chi connectivity index (χ1) is 14.8. The lowest BCUT2D eigenvalue weighted by atomic mass is 10.2. The first-order valence-corrected chi connectivity index (χ1v) is 10.7. The molecule has 0 aliphatic rings. The molecule has 31 heavy (non-hydrogen) atoms. The molecule has 162 valence electrons. The topological polar surface area (TPSA) is 75.7 Å². The van der Waals surface area contributed by atoms with Crippen molar-refractivity contribution < 1.29 is 26.7 Å². The SMILES string of the molecule is CN(Cc1ccccc1)S(=O)(=O)c1ccc(OCC(=O)Nc2ccc(F)c(F)c2)cc1. The van der Waals surface area contributed by atoms with E-state index in [1.165, 1.54) is 41.7 Å². The Balaban J connectivity index is 1.57. The van der Waals surface area contributed by atoms with Gasteiger partial charge >= 0.3 is 0 Å². The van der Waals surface area contributed by atoms with E-state index in [2.05, 4.69) is 5.32 Å². The molecule has 0 aliphatic heterocycles. The lowest BCUT2D eigenvalue weighted by Gasteiger charge is -2.17. The molecular weight excluding hydrogens is 426 g/mol. The number of hydrogen-bond acceptors (Lipinski definition) is 4. The van der Waals surface area contributed by atoms with Crippen molar-refractivity contribution in [3.63, 3.8) is 0 Å². The van der Waals surface area contributed by atoms with E-state index in [4.69, 9.17) is 4.74 Å². The Kier molecular flexibility index (Phi) is 6.98. The van der Waals surface area contributed by atoms with E-state index in [1.807, 2.05) is 30.3 Å². The van der Waals surface area contributed by atoms with E-state index in [0.29, 0.717) is 0 Å². The largest absolute Gasteiger partial charge is 0.484 e. The van der Waals surface area contributed by atoms with Crippen molar-refractivity contribution in [3.8, 4) is 5.75 Å². The highest BCUT2D eigenvalue weighted by atomic mass is 32.2. The van der Waals surface area contributed by atoms with Crippen molar-refractivity contribution in [1.82, 2.24) is 4.31 Å². The van der Waals surface area contributed by atoms with Crippen molar-refractivity contribution >= 4 is 21.6 Å². The number of anilines is 1. The second-order valence-corrected chi connectivity index (χ2v) is 8.73. The Morgan fingerprint density at radius 3 is 2.29 bits per heavy atom. The average molecular weight is 446 g/mol. The summed E-state index contributed by atoms with van der Waals surface area (Å²) < 4.78 is 58.1. The molecule has 3 aromatic rings. The van der Waals surface area contributed by atoms with Crippen LogP contribution in [-0.2, 0) is 21.4 Å². The van der Waals surface area contributed by atoms with Crippen molar-refractivity contribution in [1.29, 1.82) is 0 Å². The molecule has 3 rings (SSSR count). The zero-order chi connectivity index (χ0) is 22.4. The van der Waals surface area contributed by atoms with Crippen LogP contribution in [0.3, 0.4) is 0 Å². The number of halogens is 2. The zero-order valence-electron chi connectivity index (χ0n) is 16.6. The standard InChI is InChI=1S/C22H20F2N2O4S/c1-26(14-16-5-3-2-4-6-16)31(28,29)19-10-8-18(9-11-19)30-15-22(27)25-17-7-12-20(23)21(24)13-17/h2-13H,14-15H2,1H3,(H,25,27). The Morgan fingerprint density at radius 2 is 1.65 bits per heavy atom. The zero-order valence-corrected chi connectivity index (χ0v) is 17.4. The number of ether oxygens (including phenoxy) is 1. The predicted octanol–water partition coefficient (Wildman–Crippen LogP) is 3.80. The first kappa shape index (κ1) is 22.4. The fourth-order valence-corrected chi connectivity index (χ4v) is 3.89. The Morgan fingerprint density at radius 1 is 0.968 bits per heavy atom. The molecule has 3 aromatic carbocycles. The summed E-state index contributed by atoms with van der Waals surface area (Å²) in [4.78, 5) is 12.0. The van der Waals surface area contributed by atoms with E-state index >= 15 is 0 Å². The molecule has 1 amide bonds. The monoisotopic (exact) mass is 446 g/mol. The van der Waals surface area contributed by atoms with Gasteiger partial charge in [-0.25, -0.2) is 17.2 Å². The van der Waals surface area contributed by atoms with Crippen molar-refractivity contribution in [3.05, 3.63) is 90.0 Å². The van der Waals surface area contributed by atoms with E-state index in [0.717, 1.165) is 17.7 Å². The number of hydrogen-bond donors (Lipinski definition) is 1. The Hall–Kier alpha value is -3.30. The summed E-state index contributed by atoms with van der Waals surface area (Å²) >= 11 is 0. The highest BCUT2D eigenvalue weighted by molar-refractivity contribution is 7.89. The van der Waals surface area contributed by atoms with Crippen LogP contribution in [0.15, 0.2) is 77.7 Å². The smallest absolute Gasteiger partial charge is 0.262 e. The Labute approximate surface area is 179 Å². The molecule has 1 N–H and O–H groups in total. The van der Waals surface area contributed by atoms with Gasteiger partial charge in [-0.05, 0) is 42.0 Å². The molecule has 0 spiro atoms. The quantitative estimate of drug-likeness (QED) is 0.571. The van der Waals surface area contributed by atoms with Crippen LogP contribution >= 0.6 is 0 Å². The van der Waals surface area contributed by atoms with Crippen LogP contribution in [0.2, 0.25) is 0 Å². The number of rotatable bonds is 8. The van der Waals surface area contributed by atoms with Crippen LogP contribution in [0.4, 0.5) is 14.5 Å². The van der Waals surface area contributed by atoms with Crippen LogP contribution in [0.25, 0.3) is 0 Å². The second-order valence-electron chi connectivity index (χ2n) is 6.68. The number of carbonyl (C=O) groups is 1. The molecule has 6 nitrogen and oxygen atoms in total. The predicted molar refractivity (Wildman–Crippen MR) is 112 cm³/mol. The van der Waals surface area contributed by atoms with E-state index in [-0.39, 0.29) is 29.5 Å². The summed E-state index contributed by atoms with van der Waals surface area (Å²) in [6, 6.07) is 17.9. The Bertz CT molecular complexity index is 1150. The van der Waals surface area contributed by atoms with Crippen molar-refractivity contribution in [2.24, 2.45) is 0 Å². The molecule has 0 saturated heterocycles. The van der Waals surface area contributed by atoms with Gasteiger partial charge in [0.25, 0.3) is 5.91 Å². The lowest BCUT2D eigenvalue weighted by Crippen LogP contribution is -2.26. The van der Waals surface area contributed by atoms with Gasteiger partial charge in [0.1, 0.15) is 5.75 Å². The maximum atomic E-state index is 13.2. The van der Waals surface area contributed by atoms with Gasteiger partial charge in [0.2, 0.25) is 10.0 Å². The van der Waals surface area contributed by atoms with E-state index in [1.54, 1.807) is 0 Å². The summed E-state index contributed by atoms with van der Waals surface area (Å²) in [6.45, 7) is -0.162. The molecule has 0 aliphatic carbocycles. The number of sulfonamides is 1.